The fourth-order valence-electron chi connectivity index (χ4n) is 17.4. The van der Waals surface area contributed by atoms with E-state index in [4.69, 9.17) is 48.6 Å². The number of hydrogen-bond acceptors (Lipinski definition) is 22. The molecule has 1 fully saturated rings. The SMILES string of the molecule is CCN(Cc1nc2c([nH]1)c(N)nc1cc(-c3ccccc3)ccc12)C(C)=O.CCN(Cc1nc2c([nH]1)c(N)nc1cc(-c3ccn[nH]3)ccc12)C(=O)C(C)C.CCN(Cc1nc2c([nH]1)c(N)nc1cc(-n3cccn3)ccc12)C(C)=O.CCN(Cc1nc2c([nH]1)c(N)nc1cc(C3=CCCC3)ccc12)C(C)=O.CCN(Cc1nc2c([nH]1)c(N)nc1cc(C3CCCC3)ccc12)C(C)=O. The van der Waals surface area contributed by atoms with E-state index in [0.717, 1.165) is 146 Å². The number of hydrogen-bond donors (Lipinski definition) is 11. The van der Waals surface area contributed by atoms with Crippen LogP contribution in [-0.2, 0) is 56.7 Å². The number of benzene rings is 6. The van der Waals surface area contributed by atoms with E-state index in [0.29, 0.717) is 134 Å². The summed E-state index contributed by atoms with van der Waals surface area (Å²) in [5.74, 6) is 6.39. The Balaban J connectivity index is 0.000000121. The van der Waals surface area contributed by atoms with Gasteiger partial charge in [-0.25, -0.2) is 54.5 Å². The lowest BCUT2D eigenvalue weighted by atomic mass is 9.96. The molecule has 6 aromatic carbocycles. The Morgan fingerprint density at radius 1 is 0.398 bits per heavy atom. The number of nitrogens with zero attached hydrogens (tertiary/aromatic N) is 18. The van der Waals surface area contributed by atoms with Crippen LogP contribution in [0.2, 0.25) is 0 Å². The van der Waals surface area contributed by atoms with Gasteiger partial charge in [-0.1, -0.05) is 93.4 Å². The summed E-state index contributed by atoms with van der Waals surface area (Å²) >= 11 is 0. The molecule has 2 aliphatic rings. The van der Waals surface area contributed by atoms with E-state index in [9.17, 15) is 24.0 Å². The van der Waals surface area contributed by atoms with Crippen molar-refractivity contribution in [3.8, 4) is 28.1 Å². The van der Waals surface area contributed by atoms with Crippen LogP contribution in [0.3, 0.4) is 0 Å². The Morgan fingerprint density at radius 3 is 1.15 bits per heavy atom. The third kappa shape index (κ3) is 19.5. The summed E-state index contributed by atoms with van der Waals surface area (Å²) in [4.78, 5) is 130. The van der Waals surface area contributed by atoms with E-state index < -0.39 is 0 Å². The number of H-pyrrole nitrogens is 6. The van der Waals surface area contributed by atoms with Crippen LogP contribution >= 0.6 is 0 Å². The van der Waals surface area contributed by atoms with Crippen molar-refractivity contribution < 1.29 is 24.0 Å². The second kappa shape index (κ2) is 39.3. The number of aromatic nitrogens is 19. The molecule has 0 spiro atoms. The van der Waals surface area contributed by atoms with Gasteiger partial charge in [0.05, 0.1) is 71.7 Å². The highest BCUT2D eigenvalue weighted by Crippen LogP contribution is 2.39. The van der Waals surface area contributed by atoms with Crippen molar-refractivity contribution in [2.75, 3.05) is 61.4 Å². The van der Waals surface area contributed by atoms with Crippen LogP contribution in [0.5, 0.6) is 0 Å². The molecule has 12 heterocycles. The lowest BCUT2D eigenvalue weighted by Crippen LogP contribution is -2.33. The number of nitrogens with one attached hydrogen (secondary N) is 6. The van der Waals surface area contributed by atoms with Gasteiger partial charge in [0.25, 0.3) is 0 Å². The molecule has 5 amide bonds. The third-order valence-corrected chi connectivity index (χ3v) is 24.6. The first-order valence-corrected chi connectivity index (χ1v) is 45.2. The number of aromatic amines is 6. The zero-order valence-corrected chi connectivity index (χ0v) is 76.7. The molecule has 133 heavy (non-hydrogen) atoms. The van der Waals surface area contributed by atoms with Gasteiger partial charge in [-0.2, -0.15) is 10.2 Å². The molecule has 2 aliphatic carbocycles. The molecule has 20 rings (SSSR count). The zero-order chi connectivity index (χ0) is 93.6. The van der Waals surface area contributed by atoms with Gasteiger partial charge in [0.1, 0.15) is 113 Å². The Hall–Kier alpha value is -15.8. The van der Waals surface area contributed by atoms with E-state index in [2.05, 4.69) is 131 Å². The smallest absolute Gasteiger partial charge is 0.225 e. The van der Waals surface area contributed by atoms with Gasteiger partial charge in [0.2, 0.25) is 29.5 Å². The molecule has 0 saturated heterocycles. The predicted octanol–water partition coefficient (Wildman–Crippen LogP) is 16.4. The van der Waals surface area contributed by atoms with Gasteiger partial charge in [-0.05, 0) is 173 Å². The first-order chi connectivity index (χ1) is 64.2. The van der Waals surface area contributed by atoms with Gasteiger partial charge in [-0.15, -0.1) is 0 Å². The van der Waals surface area contributed by atoms with Crippen molar-refractivity contribution >= 4 is 174 Å². The molecular weight excluding hydrogens is 1680 g/mol. The second-order valence-corrected chi connectivity index (χ2v) is 33.7. The molecule has 34 nitrogen and oxygen atoms in total. The number of fused-ring (bicyclic) bond motifs is 15. The molecule has 0 radical (unpaired) electrons. The van der Waals surface area contributed by atoms with Crippen molar-refractivity contribution in [3.05, 3.63) is 198 Å². The van der Waals surface area contributed by atoms with Gasteiger partial charge in [-0.3, -0.25) is 29.1 Å². The van der Waals surface area contributed by atoms with Crippen LogP contribution in [-0.4, -0.2) is 181 Å². The molecule has 12 aromatic heterocycles. The number of nitrogen functional groups attached to an aromatic ring is 5. The van der Waals surface area contributed by atoms with Gasteiger partial charge in [0, 0.05) is 117 Å². The van der Waals surface area contributed by atoms with E-state index >= 15 is 0 Å². The topological polar surface area (TPSA) is 486 Å². The number of pyridine rings is 5. The molecule has 1 saturated carbocycles. The van der Waals surface area contributed by atoms with Crippen LogP contribution in [0.15, 0.2) is 158 Å². The summed E-state index contributed by atoms with van der Waals surface area (Å²) in [6.07, 6.45) is 16.2. The summed E-state index contributed by atoms with van der Waals surface area (Å²) in [5, 5.41) is 15.9. The van der Waals surface area contributed by atoms with Crippen molar-refractivity contribution in [1.82, 2.24) is 119 Å². The minimum Gasteiger partial charge on any atom is -0.382 e. The number of imidazole rings is 5. The third-order valence-electron chi connectivity index (χ3n) is 24.6. The largest absolute Gasteiger partial charge is 0.382 e. The Morgan fingerprint density at radius 2 is 0.774 bits per heavy atom. The summed E-state index contributed by atoms with van der Waals surface area (Å²) < 4.78 is 1.77. The maximum atomic E-state index is 12.4. The maximum Gasteiger partial charge on any atom is 0.225 e. The second-order valence-electron chi connectivity index (χ2n) is 33.7. The van der Waals surface area contributed by atoms with Crippen molar-refractivity contribution in [3.63, 3.8) is 0 Å². The first-order valence-electron chi connectivity index (χ1n) is 45.2. The van der Waals surface area contributed by atoms with E-state index in [1.807, 2.05) is 134 Å². The highest BCUT2D eigenvalue weighted by Gasteiger charge is 2.26. The number of carbonyl (C=O) groups is 5. The van der Waals surface area contributed by atoms with Crippen LogP contribution in [0.25, 0.3) is 143 Å². The van der Waals surface area contributed by atoms with E-state index in [1.165, 1.54) is 48.8 Å². The zero-order valence-electron chi connectivity index (χ0n) is 76.7. The molecule has 0 atom stereocenters. The lowest BCUT2D eigenvalue weighted by Gasteiger charge is -2.21. The highest BCUT2D eigenvalue weighted by molar-refractivity contribution is 6.11. The van der Waals surface area contributed by atoms with Gasteiger partial charge >= 0.3 is 0 Å². The van der Waals surface area contributed by atoms with Gasteiger partial charge < -0.3 is 78.1 Å². The number of rotatable bonds is 21. The normalized spacial score (nSPS) is 12.6. The minimum absolute atomic E-state index is 0.00720. The molecule has 16 N–H and O–H groups in total. The lowest BCUT2D eigenvalue weighted by molar-refractivity contribution is -0.135. The molecular formula is C99H111N29O5. The van der Waals surface area contributed by atoms with Crippen molar-refractivity contribution in [1.29, 1.82) is 0 Å². The monoisotopic (exact) mass is 1790 g/mol. The van der Waals surface area contributed by atoms with E-state index in [1.54, 1.807) is 69.3 Å². The van der Waals surface area contributed by atoms with Crippen molar-refractivity contribution in [2.24, 2.45) is 5.92 Å². The van der Waals surface area contributed by atoms with Crippen LogP contribution < -0.4 is 28.7 Å². The molecule has 34 heteroatoms. The van der Waals surface area contributed by atoms with Crippen LogP contribution in [0.4, 0.5) is 29.1 Å². The highest BCUT2D eigenvalue weighted by atomic mass is 16.2. The van der Waals surface area contributed by atoms with E-state index in [-0.39, 0.29) is 35.5 Å². The average molecular weight is 1790 g/mol. The summed E-state index contributed by atoms with van der Waals surface area (Å²) in [6, 6.07) is 44.7. The molecule has 0 aliphatic heterocycles. The Labute approximate surface area is 766 Å². The number of anilines is 5. The number of amides is 5. The number of carbonyl (C=O) groups excluding carboxylic acids is 5. The van der Waals surface area contributed by atoms with Crippen LogP contribution in [0, 0.1) is 5.92 Å². The minimum atomic E-state index is -0.0576. The van der Waals surface area contributed by atoms with Crippen LogP contribution in [0.1, 0.15) is 167 Å². The van der Waals surface area contributed by atoms with Gasteiger partial charge in [0.15, 0.2) is 0 Å². The standard InChI is InChI=1S/C21H21N5O.C20H23N7O.C20H25N5O.C20H23N5O.C18H19N7O/c1-3-26(13(2)27)12-18-24-19-16-10-9-15(14-7-5-4-6-8-14)11-17(16)23-21(22)20(19)25-18;1-4-27(20(28)11(2)3)10-16-24-17-13-6-5-12(14-7-8-22-26-14)9-15(13)23-19(21)18(17)25-16;2*1-3-25(12(2)26)11-17-23-18-15-9-8-14(13-6-4-5-7-13)10-16(15)22-20(21)19(18)24-17;1-3-24(11(2)26)10-15-22-16-13-6-5-12(25-8-4-7-20-25)9-14(13)21-18(19)17(16)23-15/h4-11H,3,12H2,1-2H3,(H2,22,23)(H,24,25);5-9,11H,4,10H2,1-3H3,(H2,21,23)(H,22,26)(H,24,25);8-10,13H,3-7,11H2,1-2H3,(H2,21,22)(H,23,24);6,8-10H,3-5,7,11H2,1-2H3,(H2,21,22)(H,23,24);4-9H,3,10H2,1-2H3,(H2,19,21)(H,22,23). The number of nitrogens with two attached hydrogens (primary N) is 5. The molecule has 0 unspecified atom stereocenters. The summed E-state index contributed by atoms with van der Waals surface area (Å²) in [7, 11) is 0. The Bertz CT molecular complexity index is 7410. The molecule has 18 aromatic rings. The fourth-order valence-corrected chi connectivity index (χ4v) is 17.4. The number of allylic oxidation sites excluding steroid dienone is 2. The quantitative estimate of drug-likeness (QED) is 0.0318. The summed E-state index contributed by atoms with van der Waals surface area (Å²) in [6.45, 7) is 25.1. The summed E-state index contributed by atoms with van der Waals surface area (Å²) in [5.41, 5.74) is 51.5. The predicted molar refractivity (Wildman–Crippen MR) is 525 cm³/mol. The van der Waals surface area contributed by atoms with Crippen molar-refractivity contribution in [2.45, 2.75) is 160 Å². The maximum absolute atomic E-state index is 12.4. The average Bonchev–Trinajstić information content (AvgIpc) is 1.68. The molecule has 682 valence electrons. The molecule has 0 bridgehead atoms. The Kier molecular flexibility index (Phi) is 26.7. The fraction of sp³-hybridized carbons (Fsp3) is 0.303. The first kappa shape index (κ1) is 90.6.